The van der Waals surface area contributed by atoms with E-state index in [1.54, 1.807) is 0 Å². The van der Waals surface area contributed by atoms with Gasteiger partial charge in [0, 0.05) is 13.1 Å². The molecule has 0 aliphatic carbocycles. The SMILES string of the molecule is Cc1ccccc1[C]1C2CN1CCO2. The first-order valence-electron chi connectivity index (χ1n) is 5.15. The molecule has 2 bridgehead atoms. The van der Waals surface area contributed by atoms with Crippen LogP contribution in [0.25, 0.3) is 0 Å². The molecular weight excluding hydrogens is 174 g/mol. The Morgan fingerprint density at radius 3 is 2.86 bits per heavy atom. The second-order valence-electron chi connectivity index (χ2n) is 4.01. The molecule has 3 rings (SSSR count). The molecule has 2 heteroatoms. The third-order valence-electron chi connectivity index (χ3n) is 3.13. The average Bonchev–Trinajstić information content (AvgIpc) is 2.22. The summed E-state index contributed by atoms with van der Waals surface area (Å²) >= 11 is 0. The number of nitrogens with zero attached hydrogens (tertiary/aromatic N) is 1. The topological polar surface area (TPSA) is 12.5 Å². The number of aryl methyl sites for hydroxylation is 1. The van der Waals surface area contributed by atoms with Crippen LogP contribution in [0, 0.1) is 13.0 Å². The van der Waals surface area contributed by atoms with Gasteiger partial charge in [0.2, 0.25) is 0 Å². The molecule has 14 heavy (non-hydrogen) atoms. The molecule has 2 heterocycles. The largest absolute Gasteiger partial charge is 0.373 e. The van der Waals surface area contributed by atoms with E-state index in [9.17, 15) is 0 Å². The highest BCUT2D eigenvalue weighted by molar-refractivity contribution is 5.42. The van der Waals surface area contributed by atoms with Crippen LogP contribution in [0.5, 0.6) is 0 Å². The minimum absolute atomic E-state index is 0.366. The van der Waals surface area contributed by atoms with Crippen LogP contribution in [0.3, 0.4) is 0 Å². The van der Waals surface area contributed by atoms with Crippen molar-refractivity contribution in [3.8, 4) is 0 Å². The van der Waals surface area contributed by atoms with Crippen LogP contribution in [0.2, 0.25) is 0 Å². The van der Waals surface area contributed by atoms with Crippen LogP contribution >= 0.6 is 0 Å². The molecule has 0 saturated carbocycles. The maximum Gasteiger partial charge on any atom is 0.0997 e. The zero-order chi connectivity index (χ0) is 9.54. The second-order valence-corrected chi connectivity index (χ2v) is 4.01. The summed E-state index contributed by atoms with van der Waals surface area (Å²) in [6.07, 6.45) is 0.366. The highest BCUT2D eigenvalue weighted by atomic mass is 16.5. The van der Waals surface area contributed by atoms with E-state index in [0.717, 1.165) is 19.7 Å². The van der Waals surface area contributed by atoms with E-state index in [1.807, 2.05) is 0 Å². The smallest absolute Gasteiger partial charge is 0.0997 e. The maximum atomic E-state index is 5.69. The standard InChI is InChI=1S/C12H14NO/c1-9-4-2-3-5-10(9)12-11-8-13(12)6-7-14-11/h2-5,11H,6-8H2,1H3. The normalized spacial score (nSPS) is 31.2. The van der Waals surface area contributed by atoms with E-state index in [1.165, 1.54) is 17.2 Å². The average molecular weight is 188 g/mol. The molecule has 1 aromatic carbocycles. The molecule has 0 spiro atoms. The lowest BCUT2D eigenvalue weighted by molar-refractivity contribution is -0.100. The molecule has 2 aliphatic heterocycles. The Morgan fingerprint density at radius 1 is 1.36 bits per heavy atom. The molecule has 2 fully saturated rings. The lowest BCUT2D eigenvalue weighted by Crippen LogP contribution is -2.61. The van der Waals surface area contributed by atoms with Gasteiger partial charge in [-0.05, 0) is 18.1 Å². The minimum Gasteiger partial charge on any atom is -0.373 e. The number of morpholine rings is 2. The van der Waals surface area contributed by atoms with Crippen LogP contribution in [-0.2, 0) is 4.74 Å². The number of ether oxygens (including phenoxy) is 1. The summed E-state index contributed by atoms with van der Waals surface area (Å²) < 4.78 is 5.69. The number of rotatable bonds is 1. The summed E-state index contributed by atoms with van der Waals surface area (Å²) in [5, 5.41) is 0. The number of hydrogen-bond acceptors (Lipinski definition) is 2. The van der Waals surface area contributed by atoms with Gasteiger partial charge >= 0.3 is 0 Å². The quantitative estimate of drug-likeness (QED) is 0.663. The summed E-state index contributed by atoms with van der Waals surface area (Å²) in [6.45, 7) is 5.20. The Balaban J connectivity index is 1.93. The molecule has 73 valence electrons. The van der Waals surface area contributed by atoms with Crippen LogP contribution in [0.15, 0.2) is 24.3 Å². The summed E-state index contributed by atoms with van der Waals surface area (Å²) in [5.41, 5.74) is 2.71. The second kappa shape index (κ2) is 3.07. The zero-order valence-corrected chi connectivity index (χ0v) is 8.36. The third kappa shape index (κ3) is 1.11. The van der Waals surface area contributed by atoms with Crippen LogP contribution in [0.1, 0.15) is 11.1 Å². The number of fused-ring (bicyclic) bond motifs is 2. The Bertz CT molecular complexity index is 336. The molecular formula is C12H14NO. The van der Waals surface area contributed by atoms with Crippen molar-refractivity contribution in [2.45, 2.75) is 13.0 Å². The highest BCUT2D eigenvalue weighted by Crippen LogP contribution is 2.38. The van der Waals surface area contributed by atoms with Crippen molar-refractivity contribution in [2.24, 2.45) is 0 Å². The predicted molar refractivity (Wildman–Crippen MR) is 54.8 cm³/mol. The van der Waals surface area contributed by atoms with Crippen molar-refractivity contribution in [3.05, 3.63) is 41.4 Å². The van der Waals surface area contributed by atoms with E-state index in [4.69, 9.17) is 4.74 Å². The lowest BCUT2D eigenvalue weighted by Gasteiger charge is -2.51. The van der Waals surface area contributed by atoms with Gasteiger partial charge in [-0.25, -0.2) is 0 Å². The molecule has 2 atom stereocenters. The van der Waals surface area contributed by atoms with Crippen LogP contribution in [-0.4, -0.2) is 30.7 Å². The van der Waals surface area contributed by atoms with Gasteiger partial charge < -0.3 is 4.74 Å². The van der Waals surface area contributed by atoms with Crippen molar-refractivity contribution in [1.29, 1.82) is 0 Å². The van der Waals surface area contributed by atoms with Gasteiger partial charge in [0.25, 0.3) is 0 Å². The third-order valence-corrected chi connectivity index (χ3v) is 3.13. The Kier molecular flexibility index (Phi) is 1.85. The fraction of sp³-hybridized carbons (Fsp3) is 0.417. The first kappa shape index (κ1) is 8.45. The van der Waals surface area contributed by atoms with Gasteiger partial charge in [-0.2, -0.15) is 0 Å². The molecule has 2 saturated heterocycles. The molecule has 1 radical (unpaired) electrons. The Morgan fingerprint density at radius 2 is 2.21 bits per heavy atom. The van der Waals surface area contributed by atoms with Crippen molar-refractivity contribution in [3.63, 3.8) is 0 Å². The van der Waals surface area contributed by atoms with E-state index < -0.39 is 0 Å². The highest BCUT2D eigenvalue weighted by Gasteiger charge is 2.45. The van der Waals surface area contributed by atoms with Crippen molar-refractivity contribution in [2.75, 3.05) is 19.7 Å². The first-order valence-corrected chi connectivity index (χ1v) is 5.15. The number of benzene rings is 1. The van der Waals surface area contributed by atoms with E-state index in [-0.39, 0.29) is 0 Å². The van der Waals surface area contributed by atoms with E-state index >= 15 is 0 Å². The van der Waals surface area contributed by atoms with E-state index in [0.29, 0.717) is 6.10 Å². The summed E-state index contributed by atoms with van der Waals surface area (Å²) in [6, 6.07) is 9.94. The van der Waals surface area contributed by atoms with E-state index in [2.05, 4.69) is 36.1 Å². The van der Waals surface area contributed by atoms with Gasteiger partial charge in [-0.3, -0.25) is 4.90 Å². The predicted octanol–water partition coefficient (Wildman–Crippen LogP) is 1.59. The van der Waals surface area contributed by atoms with Gasteiger partial charge in [-0.1, -0.05) is 24.3 Å². The molecule has 0 amide bonds. The van der Waals surface area contributed by atoms with Gasteiger partial charge in [0.15, 0.2) is 0 Å². The van der Waals surface area contributed by atoms with Crippen LogP contribution < -0.4 is 0 Å². The van der Waals surface area contributed by atoms with Crippen molar-refractivity contribution in [1.82, 2.24) is 4.90 Å². The fourth-order valence-electron chi connectivity index (χ4n) is 2.33. The van der Waals surface area contributed by atoms with Crippen molar-refractivity contribution < 1.29 is 4.74 Å². The Hall–Kier alpha value is -0.860. The first-order chi connectivity index (χ1) is 6.86. The van der Waals surface area contributed by atoms with Gasteiger partial charge in [0.1, 0.15) is 0 Å². The summed E-state index contributed by atoms with van der Waals surface area (Å²) in [7, 11) is 0. The monoisotopic (exact) mass is 188 g/mol. The minimum atomic E-state index is 0.366. The molecule has 0 aromatic heterocycles. The molecule has 0 N–H and O–H groups in total. The number of hydrogen-bond donors (Lipinski definition) is 0. The van der Waals surface area contributed by atoms with Gasteiger partial charge in [-0.15, -0.1) is 0 Å². The lowest BCUT2D eigenvalue weighted by atomic mass is 9.88. The molecule has 2 nitrogen and oxygen atoms in total. The summed E-state index contributed by atoms with van der Waals surface area (Å²) in [4.78, 5) is 2.43. The molecule has 1 aromatic rings. The summed E-state index contributed by atoms with van der Waals surface area (Å²) in [5.74, 6) is 0. The fourth-order valence-corrected chi connectivity index (χ4v) is 2.33. The molecule has 2 unspecified atom stereocenters. The Labute approximate surface area is 84.5 Å². The van der Waals surface area contributed by atoms with Gasteiger partial charge in [0.05, 0.1) is 18.8 Å². The zero-order valence-electron chi connectivity index (χ0n) is 8.36. The molecule has 2 aliphatic rings. The van der Waals surface area contributed by atoms with Crippen molar-refractivity contribution >= 4 is 0 Å². The maximum absolute atomic E-state index is 5.69. The van der Waals surface area contributed by atoms with Crippen LogP contribution in [0.4, 0.5) is 0 Å².